The van der Waals surface area contributed by atoms with Crippen molar-refractivity contribution in [1.29, 1.82) is 5.26 Å². The molecule has 0 fully saturated rings. The number of rotatable bonds is 7. The molecule has 1 N–H and O–H groups in total. The Labute approximate surface area is 169 Å². The maximum absolute atomic E-state index is 12.3. The molecule has 1 amide bonds. The highest BCUT2D eigenvalue weighted by molar-refractivity contribution is 14.1. The Bertz CT molecular complexity index is 964. The number of anilines is 1. The predicted molar refractivity (Wildman–Crippen MR) is 110 cm³/mol. The number of ether oxygens (including phenoxy) is 1. The molecule has 8 heteroatoms. The van der Waals surface area contributed by atoms with Crippen LogP contribution in [0.15, 0.2) is 60.7 Å². The second kappa shape index (κ2) is 9.49. The van der Waals surface area contributed by atoms with Crippen LogP contribution in [0.1, 0.15) is 5.56 Å². The molecule has 0 aromatic heterocycles. The molecule has 7 nitrogen and oxygen atoms in total. The quantitative estimate of drug-likeness (QED) is 0.161. The monoisotopic (exact) mass is 475 g/mol. The van der Waals surface area contributed by atoms with Crippen LogP contribution in [0.2, 0.25) is 0 Å². The highest BCUT2D eigenvalue weighted by atomic mass is 127. The first-order valence-electron chi connectivity index (χ1n) is 7.65. The minimum absolute atomic E-state index is 0.128. The molecule has 0 atom stereocenters. The van der Waals surface area contributed by atoms with Crippen molar-refractivity contribution in [2.24, 2.45) is 0 Å². The summed E-state index contributed by atoms with van der Waals surface area (Å²) < 4.78 is 6.30. The highest BCUT2D eigenvalue weighted by Crippen LogP contribution is 2.24. The number of nitrogens with zero attached hydrogens (tertiary/aromatic N) is 2. The second-order valence-corrected chi connectivity index (χ2v) is 6.38. The molecule has 0 aliphatic rings. The average Bonchev–Trinajstić information content (AvgIpc) is 2.65. The van der Waals surface area contributed by atoms with Crippen LogP contribution in [0.5, 0.6) is 5.75 Å². The van der Waals surface area contributed by atoms with E-state index in [9.17, 15) is 20.2 Å². The zero-order chi connectivity index (χ0) is 19.8. The molecule has 0 unspecified atom stereocenters. The Hall–Kier alpha value is -3.19. The fourth-order valence-electron chi connectivity index (χ4n) is 2.08. The van der Waals surface area contributed by atoms with Gasteiger partial charge in [-0.15, -0.1) is 0 Å². The molecule has 136 valence electrons. The first kappa shape index (κ1) is 20.1. The summed E-state index contributed by atoms with van der Waals surface area (Å²) in [7, 11) is 0. The Balaban J connectivity index is 2.20. The molecule has 0 aliphatic carbocycles. The van der Waals surface area contributed by atoms with E-state index in [2.05, 4.69) is 34.5 Å². The lowest BCUT2D eigenvalue weighted by Crippen LogP contribution is -2.13. The van der Waals surface area contributed by atoms with E-state index in [-0.39, 0.29) is 16.9 Å². The van der Waals surface area contributed by atoms with Gasteiger partial charge >= 0.3 is 0 Å². The van der Waals surface area contributed by atoms with Crippen molar-refractivity contribution in [2.45, 2.75) is 0 Å². The van der Waals surface area contributed by atoms with E-state index in [1.165, 1.54) is 30.3 Å². The Morgan fingerprint density at radius 1 is 1.37 bits per heavy atom. The molecule has 0 heterocycles. The van der Waals surface area contributed by atoms with Crippen LogP contribution in [-0.2, 0) is 4.79 Å². The highest BCUT2D eigenvalue weighted by Gasteiger charge is 2.12. The molecule has 0 radical (unpaired) electrons. The van der Waals surface area contributed by atoms with E-state index in [0.717, 1.165) is 3.57 Å². The number of amides is 1. The molecule has 0 saturated heterocycles. The van der Waals surface area contributed by atoms with Crippen LogP contribution < -0.4 is 10.1 Å². The fourth-order valence-corrected chi connectivity index (χ4v) is 2.78. The lowest BCUT2D eigenvalue weighted by atomic mass is 10.1. The number of nitriles is 1. The molecule has 0 aliphatic heterocycles. The smallest absolute Gasteiger partial charge is 0.271 e. The normalized spacial score (nSPS) is 10.6. The standard InChI is InChI=1S/C19H14IN3O4/c1-2-8-27-18-7-6-13(10-17(18)20)9-14(12-21)19(24)22-15-4-3-5-16(11-15)23(25)26/h2-7,9-11H,1,8H2,(H,22,24)/b14-9+. The Morgan fingerprint density at radius 3 is 2.78 bits per heavy atom. The van der Waals surface area contributed by atoms with E-state index in [1.807, 2.05) is 6.07 Å². The third kappa shape index (κ3) is 5.65. The minimum atomic E-state index is -0.653. The van der Waals surface area contributed by atoms with Crippen LogP contribution in [0.4, 0.5) is 11.4 Å². The molecular formula is C19H14IN3O4. The SMILES string of the molecule is C=CCOc1ccc(/C=C(\C#N)C(=O)Nc2cccc([N+](=O)[O-])c2)cc1I. The molecular weight excluding hydrogens is 461 g/mol. The zero-order valence-corrected chi connectivity index (χ0v) is 16.2. The van der Waals surface area contributed by atoms with E-state index < -0.39 is 10.8 Å². The number of benzene rings is 2. The molecule has 0 bridgehead atoms. The summed E-state index contributed by atoms with van der Waals surface area (Å²) in [6.45, 7) is 3.96. The zero-order valence-electron chi connectivity index (χ0n) is 14.0. The number of carbonyl (C=O) groups excluding carboxylic acids is 1. The molecule has 2 rings (SSSR count). The Kier molecular flexibility index (Phi) is 7.08. The molecule has 27 heavy (non-hydrogen) atoms. The summed E-state index contributed by atoms with van der Waals surface area (Å²) in [6.07, 6.45) is 3.07. The fraction of sp³-hybridized carbons (Fsp3) is 0.0526. The molecule has 0 saturated carbocycles. The van der Waals surface area contributed by atoms with Gasteiger partial charge in [0.25, 0.3) is 11.6 Å². The van der Waals surface area contributed by atoms with E-state index in [4.69, 9.17) is 4.74 Å². The third-order valence-corrected chi connectivity index (χ3v) is 4.15. The largest absolute Gasteiger partial charge is 0.488 e. The second-order valence-electron chi connectivity index (χ2n) is 5.22. The van der Waals surface area contributed by atoms with Crippen LogP contribution in [-0.4, -0.2) is 17.4 Å². The van der Waals surface area contributed by atoms with Gasteiger partial charge in [0.15, 0.2) is 0 Å². The number of hydrogen-bond donors (Lipinski definition) is 1. The maximum Gasteiger partial charge on any atom is 0.271 e. The minimum Gasteiger partial charge on any atom is -0.488 e. The molecule has 0 spiro atoms. The summed E-state index contributed by atoms with van der Waals surface area (Å²) in [4.78, 5) is 22.6. The van der Waals surface area contributed by atoms with Gasteiger partial charge in [-0.05, 0) is 52.4 Å². The third-order valence-electron chi connectivity index (χ3n) is 3.30. The topological polar surface area (TPSA) is 105 Å². The van der Waals surface area contributed by atoms with Crippen molar-refractivity contribution in [2.75, 3.05) is 11.9 Å². The van der Waals surface area contributed by atoms with Crippen molar-refractivity contribution in [3.63, 3.8) is 0 Å². The number of halogens is 1. The van der Waals surface area contributed by atoms with Gasteiger partial charge in [-0.3, -0.25) is 14.9 Å². The first-order valence-corrected chi connectivity index (χ1v) is 8.73. The van der Waals surface area contributed by atoms with E-state index in [1.54, 1.807) is 24.3 Å². The van der Waals surface area contributed by atoms with Crippen molar-refractivity contribution < 1.29 is 14.5 Å². The summed E-state index contributed by atoms with van der Waals surface area (Å²) in [5.74, 6) is 0.0206. The summed E-state index contributed by atoms with van der Waals surface area (Å²) in [6, 6.07) is 12.6. The number of nitro benzene ring substituents is 1. The van der Waals surface area contributed by atoms with E-state index in [0.29, 0.717) is 17.9 Å². The van der Waals surface area contributed by atoms with Gasteiger partial charge in [0.2, 0.25) is 0 Å². The Morgan fingerprint density at radius 2 is 2.15 bits per heavy atom. The number of hydrogen-bond acceptors (Lipinski definition) is 5. The number of nitro groups is 1. The van der Waals surface area contributed by atoms with Gasteiger partial charge in [0.05, 0.1) is 8.49 Å². The predicted octanol–water partition coefficient (Wildman–Crippen LogP) is 4.31. The lowest BCUT2D eigenvalue weighted by Gasteiger charge is -2.07. The van der Waals surface area contributed by atoms with Gasteiger partial charge < -0.3 is 10.1 Å². The van der Waals surface area contributed by atoms with Crippen LogP contribution in [0, 0.1) is 25.0 Å². The number of non-ortho nitro benzene ring substituents is 1. The van der Waals surface area contributed by atoms with Gasteiger partial charge in [0, 0.05) is 17.8 Å². The van der Waals surface area contributed by atoms with Crippen molar-refractivity contribution >= 4 is 45.9 Å². The summed E-state index contributed by atoms with van der Waals surface area (Å²) in [5, 5.41) is 22.6. The van der Waals surface area contributed by atoms with Gasteiger partial charge in [0.1, 0.15) is 24.0 Å². The number of carbonyl (C=O) groups is 1. The maximum atomic E-state index is 12.3. The van der Waals surface area contributed by atoms with Crippen molar-refractivity contribution in [1.82, 2.24) is 0 Å². The van der Waals surface area contributed by atoms with Crippen molar-refractivity contribution in [3.8, 4) is 11.8 Å². The van der Waals surface area contributed by atoms with Crippen LogP contribution >= 0.6 is 22.6 Å². The molecule has 2 aromatic carbocycles. The number of nitrogens with one attached hydrogen (secondary N) is 1. The summed E-state index contributed by atoms with van der Waals surface area (Å²) >= 11 is 2.09. The molecule has 2 aromatic rings. The van der Waals surface area contributed by atoms with Crippen LogP contribution in [0.25, 0.3) is 6.08 Å². The first-order chi connectivity index (χ1) is 12.9. The lowest BCUT2D eigenvalue weighted by molar-refractivity contribution is -0.384. The van der Waals surface area contributed by atoms with E-state index >= 15 is 0 Å². The van der Waals surface area contributed by atoms with Gasteiger partial charge in [-0.25, -0.2) is 0 Å². The van der Waals surface area contributed by atoms with Gasteiger partial charge in [-0.2, -0.15) is 5.26 Å². The van der Waals surface area contributed by atoms with Gasteiger partial charge in [-0.1, -0.05) is 24.8 Å². The van der Waals surface area contributed by atoms with Crippen LogP contribution in [0.3, 0.4) is 0 Å². The summed E-state index contributed by atoms with van der Waals surface area (Å²) in [5.41, 5.74) is 0.603. The average molecular weight is 475 g/mol. The van der Waals surface area contributed by atoms with Crippen molar-refractivity contribution in [3.05, 3.63) is 79.9 Å².